The smallest absolute Gasteiger partial charge is 0.228 e. The van der Waals surface area contributed by atoms with E-state index >= 15 is 0 Å². The van der Waals surface area contributed by atoms with Crippen LogP contribution in [0.15, 0.2) is 47.0 Å². The van der Waals surface area contributed by atoms with Crippen LogP contribution in [-0.4, -0.2) is 73.9 Å². The van der Waals surface area contributed by atoms with Gasteiger partial charge < -0.3 is 28.6 Å². The van der Waals surface area contributed by atoms with Crippen molar-refractivity contribution in [2.24, 2.45) is 0 Å². The number of benzene rings is 2. The van der Waals surface area contributed by atoms with Gasteiger partial charge in [-0.05, 0) is 17.7 Å². The molecule has 0 amide bonds. The standard InChI is InChI=1S/C26H31N3O6/c1-5-13-34-18-21(30)17-29(16-19-9-7-6-8-10-19)12-11-24-27-26(28-35-24)20-14-22(31-2)25(33-4)23(15-20)32-3/h1,6-10,14-15,21,30H,11-13,16-18H2,2-4H3/t21-/m0/s1. The zero-order chi connectivity index (χ0) is 25.0. The molecule has 0 aliphatic rings. The minimum Gasteiger partial charge on any atom is -0.493 e. The minimum absolute atomic E-state index is 0.168. The van der Waals surface area contributed by atoms with Gasteiger partial charge in [-0.3, -0.25) is 4.90 Å². The van der Waals surface area contributed by atoms with Gasteiger partial charge in [0.25, 0.3) is 0 Å². The van der Waals surface area contributed by atoms with Gasteiger partial charge in [0.05, 0.1) is 34.0 Å². The van der Waals surface area contributed by atoms with Crippen LogP contribution in [0.2, 0.25) is 0 Å². The number of aliphatic hydroxyl groups is 1. The first-order valence-electron chi connectivity index (χ1n) is 11.2. The zero-order valence-corrected chi connectivity index (χ0v) is 20.3. The van der Waals surface area contributed by atoms with Crippen LogP contribution in [0.3, 0.4) is 0 Å². The lowest BCUT2D eigenvalue weighted by molar-refractivity contribution is 0.0259. The molecule has 0 radical (unpaired) electrons. The molecule has 0 unspecified atom stereocenters. The van der Waals surface area contributed by atoms with Crippen LogP contribution in [-0.2, 0) is 17.7 Å². The summed E-state index contributed by atoms with van der Waals surface area (Å²) in [6.45, 7) is 2.00. The van der Waals surface area contributed by atoms with E-state index < -0.39 is 6.10 Å². The number of hydrogen-bond acceptors (Lipinski definition) is 9. The van der Waals surface area contributed by atoms with E-state index in [1.54, 1.807) is 33.5 Å². The summed E-state index contributed by atoms with van der Waals surface area (Å²) < 4.78 is 27.0. The first kappa shape index (κ1) is 26.0. The zero-order valence-electron chi connectivity index (χ0n) is 20.3. The van der Waals surface area contributed by atoms with Crippen molar-refractivity contribution in [3.05, 3.63) is 53.9 Å². The average Bonchev–Trinajstić information content (AvgIpc) is 3.36. The first-order chi connectivity index (χ1) is 17.1. The Morgan fingerprint density at radius 1 is 1.09 bits per heavy atom. The summed E-state index contributed by atoms with van der Waals surface area (Å²) >= 11 is 0. The van der Waals surface area contributed by atoms with Gasteiger partial charge in [0.1, 0.15) is 6.61 Å². The molecule has 0 fully saturated rings. The highest BCUT2D eigenvalue weighted by molar-refractivity contribution is 5.66. The summed E-state index contributed by atoms with van der Waals surface area (Å²) in [6, 6.07) is 13.6. The molecule has 9 nitrogen and oxygen atoms in total. The van der Waals surface area contributed by atoms with E-state index in [4.69, 9.17) is 29.9 Å². The van der Waals surface area contributed by atoms with Crippen LogP contribution in [0.1, 0.15) is 11.5 Å². The Morgan fingerprint density at radius 3 is 2.43 bits per heavy atom. The van der Waals surface area contributed by atoms with Crippen LogP contribution < -0.4 is 14.2 Å². The Kier molecular flexibility index (Phi) is 9.93. The molecule has 1 atom stereocenters. The van der Waals surface area contributed by atoms with Gasteiger partial charge in [0.15, 0.2) is 11.5 Å². The van der Waals surface area contributed by atoms with E-state index in [0.717, 1.165) is 5.56 Å². The molecule has 1 N–H and O–H groups in total. The quantitative estimate of drug-likeness (QED) is 0.275. The second-order valence-electron chi connectivity index (χ2n) is 7.77. The molecule has 0 aliphatic heterocycles. The predicted octanol–water partition coefficient (Wildman–Crippen LogP) is 2.82. The lowest BCUT2D eigenvalue weighted by atomic mass is 10.1. The minimum atomic E-state index is -0.676. The normalized spacial score (nSPS) is 11.8. The van der Waals surface area contributed by atoms with Crippen LogP contribution in [0, 0.1) is 12.3 Å². The third-order valence-corrected chi connectivity index (χ3v) is 5.25. The number of aliphatic hydroxyl groups excluding tert-OH is 1. The largest absolute Gasteiger partial charge is 0.493 e. The highest BCUT2D eigenvalue weighted by Crippen LogP contribution is 2.40. The number of aromatic nitrogens is 2. The molecule has 186 valence electrons. The summed E-state index contributed by atoms with van der Waals surface area (Å²) in [4.78, 5) is 6.65. The number of nitrogens with zero attached hydrogens (tertiary/aromatic N) is 3. The average molecular weight is 482 g/mol. The van der Waals surface area contributed by atoms with Crippen LogP contribution in [0.4, 0.5) is 0 Å². The SMILES string of the molecule is C#CCOC[C@@H](O)CN(CCc1nc(-c2cc(OC)c(OC)c(OC)c2)no1)Cc1ccccc1. The molecule has 1 heterocycles. The summed E-state index contributed by atoms with van der Waals surface area (Å²) in [5.41, 5.74) is 1.81. The molecule has 0 aliphatic carbocycles. The number of terminal acetylenes is 1. The van der Waals surface area contributed by atoms with Crippen LogP contribution in [0.25, 0.3) is 11.4 Å². The van der Waals surface area contributed by atoms with E-state index in [0.29, 0.717) is 60.6 Å². The number of methoxy groups -OCH3 is 3. The Morgan fingerprint density at radius 2 is 1.80 bits per heavy atom. The van der Waals surface area contributed by atoms with Gasteiger partial charge >= 0.3 is 0 Å². The lowest BCUT2D eigenvalue weighted by Gasteiger charge is -2.24. The monoisotopic (exact) mass is 481 g/mol. The molecule has 9 heteroatoms. The third kappa shape index (κ3) is 7.45. The van der Waals surface area contributed by atoms with Crippen molar-refractivity contribution in [2.75, 3.05) is 47.6 Å². The Labute approximate surface area is 205 Å². The summed E-state index contributed by atoms with van der Waals surface area (Å²) in [6.07, 6.45) is 5.04. The summed E-state index contributed by atoms with van der Waals surface area (Å²) in [5.74, 6) is 4.79. The summed E-state index contributed by atoms with van der Waals surface area (Å²) in [7, 11) is 4.65. The summed E-state index contributed by atoms with van der Waals surface area (Å²) in [5, 5.41) is 14.5. The maximum absolute atomic E-state index is 10.4. The van der Waals surface area contributed by atoms with Crippen molar-refractivity contribution in [1.82, 2.24) is 15.0 Å². The van der Waals surface area contributed by atoms with Crippen LogP contribution in [0.5, 0.6) is 17.2 Å². The molecule has 1 aromatic heterocycles. The Balaban J connectivity index is 1.70. The van der Waals surface area contributed by atoms with E-state index in [2.05, 4.69) is 21.0 Å². The van der Waals surface area contributed by atoms with E-state index in [1.807, 2.05) is 30.3 Å². The number of hydrogen-bond donors (Lipinski definition) is 1. The van der Waals surface area contributed by atoms with Crippen molar-refractivity contribution < 1.29 is 28.6 Å². The second kappa shape index (κ2) is 13.3. The molecule has 3 rings (SSSR count). The Hall–Kier alpha value is -3.58. The van der Waals surface area contributed by atoms with Crippen molar-refractivity contribution >= 4 is 0 Å². The van der Waals surface area contributed by atoms with Gasteiger partial charge in [-0.25, -0.2) is 0 Å². The highest BCUT2D eigenvalue weighted by Gasteiger charge is 2.19. The molecule has 0 bridgehead atoms. The molecule has 0 saturated heterocycles. The fourth-order valence-corrected chi connectivity index (χ4v) is 3.62. The molecule has 2 aromatic carbocycles. The van der Waals surface area contributed by atoms with Gasteiger partial charge in [0, 0.05) is 31.6 Å². The highest BCUT2D eigenvalue weighted by atomic mass is 16.5. The fourth-order valence-electron chi connectivity index (χ4n) is 3.62. The van der Waals surface area contributed by atoms with Gasteiger partial charge in [0.2, 0.25) is 17.5 Å². The molecular formula is C26H31N3O6. The molecule has 0 saturated carbocycles. The van der Waals surface area contributed by atoms with Gasteiger partial charge in [-0.2, -0.15) is 4.98 Å². The fraction of sp³-hybridized carbons (Fsp3) is 0.385. The number of rotatable bonds is 14. The number of ether oxygens (including phenoxy) is 4. The van der Waals surface area contributed by atoms with Crippen molar-refractivity contribution in [2.45, 2.75) is 19.1 Å². The van der Waals surface area contributed by atoms with Gasteiger partial charge in [-0.1, -0.05) is 41.4 Å². The lowest BCUT2D eigenvalue weighted by Crippen LogP contribution is -2.36. The molecule has 3 aromatic rings. The van der Waals surface area contributed by atoms with Crippen molar-refractivity contribution in [1.29, 1.82) is 0 Å². The molecular weight excluding hydrogens is 450 g/mol. The maximum atomic E-state index is 10.4. The third-order valence-electron chi connectivity index (χ3n) is 5.25. The van der Waals surface area contributed by atoms with E-state index in [1.165, 1.54) is 0 Å². The topological polar surface area (TPSA) is 99.3 Å². The molecule has 35 heavy (non-hydrogen) atoms. The predicted molar refractivity (Wildman–Crippen MR) is 130 cm³/mol. The van der Waals surface area contributed by atoms with Crippen molar-refractivity contribution in [3.8, 4) is 41.0 Å². The molecule has 0 spiro atoms. The Bertz CT molecular complexity index is 1070. The van der Waals surface area contributed by atoms with Crippen molar-refractivity contribution in [3.63, 3.8) is 0 Å². The maximum Gasteiger partial charge on any atom is 0.228 e. The van der Waals surface area contributed by atoms with Gasteiger partial charge in [-0.15, -0.1) is 6.42 Å². The van der Waals surface area contributed by atoms with E-state index in [9.17, 15) is 5.11 Å². The van der Waals surface area contributed by atoms with E-state index in [-0.39, 0.29) is 13.2 Å². The van der Waals surface area contributed by atoms with Crippen LogP contribution >= 0.6 is 0 Å². The second-order valence-corrected chi connectivity index (χ2v) is 7.77. The first-order valence-corrected chi connectivity index (χ1v) is 11.2.